The van der Waals surface area contributed by atoms with Crippen molar-refractivity contribution in [1.82, 2.24) is 15.2 Å². The Morgan fingerprint density at radius 3 is 3.00 bits per heavy atom. The molecule has 5 heteroatoms. The van der Waals surface area contributed by atoms with Gasteiger partial charge in [0.05, 0.1) is 17.4 Å². The molecule has 0 aromatic carbocycles. The molecule has 1 saturated heterocycles. The van der Waals surface area contributed by atoms with Crippen molar-refractivity contribution in [2.45, 2.75) is 19.8 Å². The zero-order valence-electron chi connectivity index (χ0n) is 13.3. The van der Waals surface area contributed by atoms with Gasteiger partial charge in [-0.1, -0.05) is 6.92 Å². The van der Waals surface area contributed by atoms with Crippen LogP contribution >= 0.6 is 0 Å². The summed E-state index contributed by atoms with van der Waals surface area (Å²) in [5.41, 5.74) is 1.70. The molecule has 0 saturated carbocycles. The molecule has 1 atom stereocenters. The first kappa shape index (κ1) is 15.8. The summed E-state index contributed by atoms with van der Waals surface area (Å²) >= 11 is 0. The Morgan fingerprint density at radius 1 is 1.48 bits per heavy atom. The monoisotopic (exact) mass is 290 g/mol. The first-order valence-electron chi connectivity index (χ1n) is 7.69. The fourth-order valence-electron chi connectivity index (χ4n) is 2.64. The summed E-state index contributed by atoms with van der Waals surface area (Å²) in [5.74, 6) is 0.660. The summed E-state index contributed by atoms with van der Waals surface area (Å²) in [7, 11) is 3.98. The lowest BCUT2D eigenvalue weighted by molar-refractivity contribution is 0.0950. The Bertz CT molecular complexity index is 475. The number of hydrogen-bond acceptors (Lipinski definition) is 4. The van der Waals surface area contributed by atoms with Crippen LogP contribution in [0.1, 0.15) is 30.1 Å². The summed E-state index contributed by atoms with van der Waals surface area (Å²) < 4.78 is 0. The molecule has 0 spiro atoms. The second kappa shape index (κ2) is 7.41. The number of nitrogens with zero attached hydrogens (tertiary/aromatic N) is 3. The maximum atomic E-state index is 12.1. The zero-order chi connectivity index (χ0) is 15.2. The molecule has 21 heavy (non-hydrogen) atoms. The molecule has 1 N–H and O–H groups in total. The summed E-state index contributed by atoms with van der Waals surface area (Å²) in [5, 5.41) is 2.93. The van der Waals surface area contributed by atoms with E-state index in [2.05, 4.69) is 22.1 Å². The summed E-state index contributed by atoms with van der Waals surface area (Å²) in [4.78, 5) is 20.8. The van der Waals surface area contributed by atoms with Crippen molar-refractivity contribution in [2.24, 2.45) is 5.92 Å². The second-order valence-electron chi connectivity index (χ2n) is 6.18. The van der Waals surface area contributed by atoms with E-state index in [1.54, 1.807) is 6.20 Å². The van der Waals surface area contributed by atoms with E-state index in [9.17, 15) is 4.79 Å². The average molecular weight is 290 g/mol. The molecule has 116 valence electrons. The van der Waals surface area contributed by atoms with Crippen molar-refractivity contribution in [1.29, 1.82) is 0 Å². The number of anilines is 1. The molecule has 1 aliphatic heterocycles. The Morgan fingerprint density at radius 2 is 2.29 bits per heavy atom. The van der Waals surface area contributed by atoms with Crippen LogP contribution in [0.25, 0.3) is 0 Å². The molecule has 1 amide bonds. The fourth-order valence-corrected chi connectivity index (χ4v) is 2.64. The van der Waals surface area contributed by atoms with Gasteiger partial charge in [0.25, 0.3) is 5.91 Å². The molecule has 0 radical (unpaired) electrons. The molecule has 0 bridgehead atoms. The van der Waals surface area contributed by atoms with Crippen LogP contribution < -0.4 is 10.2 Å². The van der Waals surface area contributed by atoms with E-state index < -0.39 is 0 Å². The molecule has 5 nitrogen and oxygen atoms in total. The number of likely N-dealkylation sites (N-methyl/N-ethyl adjacent to an activating group) is 1. The number of rotatable bonds is 5. The topological polar surface area (TPSA) is 48.5 Å². The normalized spacial score (nSPS) is 18.9. The van der Waals surface area contributed by atoms with Crippen LogP contribution in [0.4, 0.5) is 5.69 Å². The molecule has 0 aliphatic carbocycles. The van der Waals surface area contributed by atoms with Crippen molar-refractivity contribution in [3.63, 3.8) is 0 Å². The van der Waals surface area contributed by atoms with Crippen LogP contribution in [0, 0.1) is 5.92 Å². The molecule has 1 fully saturated rings. The Kier molecular flexibility index (Phi) is 5.56. The molecular weight excluding hydrogens is 264 g/mol. The highest BCUT2D eigenvalue weighted by atomic mass is 16.1. The minimum absolute atomic E-state index is 0.0451. The van der Waals surface area contributed by atoms with Gasteiger partial charge in [0.2, 0.25) is 0 Å². The van der Waals surface area contributed by atoms with Gasteiger partial charge < -0.3 is 15.1 Å². The van der Waals surface area contributed by atoms with E-state index in [1.807, 2.05) is 31.3 Å². The molecule has 1 aromatic heterocycles. The second-order valence-corrected chi connectivity index (χ2v) is 6.18. The highest BCUT2D eigenvalue weighted by Gasteiger charge is 2.18. The number of pyridine rings is 1. The van der Waals surface area contributed by atoms with E-state index in [1.165, 1.54) is 12.8 Å². The van der Waals surface area contributed by atoms with Gasteiger partial charge in [-0.15, -0.1) is 0 Å². The Hall–Kier alpha value is -1.62. The maximum Gasteiger partial charge on any atom is 0.252 e. The van der Waals surface area contributed by atoms with E-state index in [0.29, 0.717) is 18.0 Å². The van der Waals surface area contributed by atoms with Crippen LogP contribution in [-0.2, 0) is 0 Å². The molecule has 1 aliphatic rings. The Balaban J connectivity index is 1.98. The van der Waals surface area contributed by atoms with Gasteiger partial charge >= 0.3 is 0 Å². The van der Waals surface area contributed by atoms with Crippen LogP contribution in [0.2, 0.25) is 0 Å². The third-order valence-electron chi connectivity index (χ3n) is 3.85. The first-order valence-corrected chi connectivity index (χ1v) is 7.69. The largest absolute Gasteiger partial charge is 0.370 e. The molecule has 1 aromatic rings. The lowest BCUT2D eigenvalue weighted by Crippen LogP contribution is -2.35. The van der Waals surface area contributed by atoms with Gasteiger partial charge in [0.15, 0.2) is 0 Å². The fraction of sp³-hybridized carbons (Fsp3) is 0.625. The number of nitrogens with one attached hydrogen (secondary N) is 1. The predicted molar refractivity (Wildman–Crippen MR) is 85.7 cm³/mol. The molecule has 2 heterocycles. The van der Waals surface area contributed by atoms with Crippen molar-refractivity contribution < 1.29 is 4.79 Å². The van der Waals surface area contributed by atoms with Crippen LogP contribution in [0.3, 0.4) is 0 Å². The lowest BCUT2D eigenvalue weighted by Gasteiger charge is -2.32. The maximum absolute atomic E-state index is 12.1. The minimum atomic E-state index is -0.0451. The quantitative estimate of drug-likeness (QED) is 0.895. The molecular formula is C16H26N4O. The smallest absolute Gasteiger partial charge is 0.252 e. The van der Waals surface area contributed by atoms with Gasteiger partial charge in [-0.3, -0.25) is 9.78 Å². The number of carbonyl (C=O) groups is 1. The van der Waals surface area contributed by atoms with Gasteiger partial charge in [0, 0.05) is 32.4 Å². The number of amides is 1. The standard InChI is InChI=1S/C16H26N4O/c1-13-5-4-7-20(12-13)15-9-14(10-17-11-15)16(21)18-6-8-19(2)3/h9-11,13H,4-8,12H2,1-3H3,(H,18,21). The van der Waals surface area contributed by atoms with Crippen molar-refractivity contribution in [2.75, 3.05) is 45.2 Å². The third kappa shape index (κ3) is 4.70. The van der Waals surface area contributed by atoms with Gasteiger partial charge in [-0.2, -0.15) is 0 Å². The minimum Gasteiger partial charge on any atom is -0.370 e. The number of aromatic nitrogens is 1. The summed E-state index contributed by atoms with van der Waals surface area (Å²) in [6, 6.07) is 1.95. The van der Waals surface area contributed by atoms with Crippen molar-refractivity contribution in [3.05, 3.63) is 24.0 Å². The predicted octanol–water partition coefficient (Wildman–Crippen LogP) is 1.61. The van der Waals surface area contributed by atoms with Gasteiger partial charge in [0.1, 0.15) is 0 Å². The van der Waals surface area contributed by atoms with Crippen molar-refractivity contribution >= 4 is 11.6 Å². The van der Waals surface area contributed by atoms with E-state index in [0.717, 1.165) is 25.3 Å². The summed E-state index contributed by atoms with van der Waals surface area (Å²) in [6.07, 6.45) is 5.99. The van der Waals surface area contributed by atoms with E-state index in [-0.39, 0.29) is 5.91 Å². The SMILES string of the molecule is CC1CCCN(c2cncc(C(=O)NCCN(C)C)c2)C1. The van der Waals surface area contributed by atoms with Crippen molar-refractivity contribution in [3.8, 4) is 0 Å². The lowest BCUT2D eigenvalue weighted by atomic mass is 10.00. The van der Waals surface area contributed by atoms with E-state index in [4.69, 9.17) is 0 Å². The first-order chi connectivity index (χ1) is 10.1. The highest BCUT2D eigenvalue weighted by Crippen LogP contribution is 2.22. The molecule has 2 rings (SSSR count). The Labute approximate surface area is 127 Å². The third-order valence-corrected chi connectivity index (χ3v) is 3.85. The number of carbonyl (C=O) groups excluding carboxylic acids is 1. The molecule has 1 unspecified atom stereocenters. The van der Waals surface area contributed by atoms with Crippen LogP contribution in [0.15, 0.2) is 18.5 Å². The zero-order valence-corrected chi connectivity index (χ0v) is 13.3. The van der Waals surface area contributed by atoms with Crippen LogP contribution in [0.5, 0.6) is 0 Å². The average Bonchev–Trinajstić information content (AvgIpc) is 2.47. The van der Waals surface area contributed by atoms with Gasteiger partial charge in [-0.25, -0.2) is 0 Å². The number of hydrogen-bond donors (Lipinski definition) is 1. The van der Waals surface area contributed by atoms with Gasteiger partial charge in [-0.05, 0) is 38.9 Å². The summed E-state index contributed by atoms with van der Waals surface area (Å²) in [6.45, 7) is 5.86. The highest BCUT2D eigenvalue weighted by molar-refractivity contribution is 5.94. The number of piperidine rings is 1. The van der Waals surface area contributed by atoms with Crippen LogP contribution in [-0.4, -0.2) is 56.1 Å². The van der Waals surface area contributed by atoms with E-state index >= 15 is 0 Å².